The monoisotopic (exact) mass is 253 g/mol. The third kappa shape index (κ3) is 4.75. The highest BCUT2D eigenvalue weighted by Gasteiger charge is 2.12. The van der Waals surface area contributed by atoms with E-state index in [-0.39, 0.29) is 12.5 Å². The lowest BCUT2D eigenvalue weighted by Gasteiger charge is -2.21. The second-order valence-electron chi connectivity index (χ2n) is 4.60. The van der Waals surface area contributed by atoms with E-state index in [1.54, 1.807) is 17.1 Å². The van der Waals surface area contributed by atoms with Gasteiger partial charge >= 0.3 is 0 Å². The molecule has 1 aromatic rings. The van der Waals surface area contributed by atoms with E-state index in [1.807, 2.05) is 25.9 Å². The van der Waals surface area contributed by atoms with Crippen LogP contribution >= 0.6 is 0 Å². The summed E-state index contributed by atoms with van der Waals surface area (Å²) in [6, 6.07) is 0. The Morgan fingerprint density at radius 2 is 2.17 bits per heavy atom. The van der Waals surface area contributed by atoms with Crippen molar-refractivity contribution in [3.05, 3.63) is 12.4 Å². The maximum Gasteiger partial charge on any atom is 0.244 e. The van der Waals surface area contributed by atoms with Crippen LogP contribution in [0.4, 0.5) is 5.69 Å². The van der Waals surface area contributed by atoms with E-state index in [9.17, 15) is 4.79 Å². The van der Waals surface area contributed by atoms with Gasteiger partial charge in [-0.15, -0.1) is 0 Å². The number of aromatic nitrogens is 2. The SMILES string of the molecule is CCN(CCCN(C)C)C(=O)Cn1cc(N)cn1. The van der Waals surface area contributed by atoms with Gasteiger partial charge < -0.3 is 15.5 Å². The van der Waals surface area contributed by atoms with E-state index in [1.165, 1.54) is 0 Å². The first-order chi connectivity index (χ1) is 8.52. The number of nitrogen functional groups attached to an aromatic ring is 1. The van der Waals surface area contributed by atoms with Gasteiger partial charge in [0, 0.05) is 19.3 Å². The molecule has 0 saturated carbocycles. The first-order valence-corrected chi connectivity index (χ1v) is 6.23. The fraction of sp³-hybridized carbons (Fsp3) is 0.667. The second kappa shape index (κ2) is 7.00. The maximum absolute atomic E-state index is 12.0. The van der Waals surface area contributed by atoms with Crippen LogP contribution in [0.15, 0.2) is 12.4 Å². The number of carbonyl (C=O) groups is 1. The molecule has 0 aliphatic carbocycles. The minimum atomic E-state index is 0.0827. The summed E-state index contributed by atoms with van der Waals surface area (Å²) in [4.78, 5) is 16.0. The Kier molecular flexibility index (Phi) is 5.64. The highest BCUT2D eigenvalue weighted by Crippen LogP contribution is 2.00. The molecule has 0 atom stereocenters. The van der Waals surface area contributed by atoms with Crippen LogP contribution in [0, 0.1) is 0 Å². The van der Waals surface area contributed by atoms with E-state index >= 15 is 0 Å². The zero-order chi connectivity index (χ0) is 13.5. The smallest absolute Gasteiger partial charge is 0.244 e. The van der Waals surface area contributed by atoms with Gasteiger partial charge in [0.2, 0.25) is 5.91 Å². The molecule has 1 rings (SSSR count). The second-order valence-corrected chi connectivity index (χ2v) is 4.60. The number of amides is 1. The number of likely N-dealkylation sites (N-methyl/N-ethyl adjacent to an activating group) is 1. The summed E-state index contributed by atoms with van der Waals surface area (Å²) in [5.41, 5.74) is 6.14. The Labute approximate surface area is 108 Å². The van der Waals surface area contributed by atoms with Gasteiger partial charge in [-0.25, -0.2) is 0 Å². The fourth-order valence-corrected chi connectivity index (χ4v) is 1.74. The number of nitrogens with zero attached hydrogens (tertiary/aromatic N) is 4. The molecule has 0 unspecified atom stereocenters. The molecule has 0 aliphatic heterocycles. The number of hydrogen-bond donors (Lipinski definition) is 1. The number of carbonyl (C=O) groups excluding carboxylic acids is 1. The quantitative estimate of drug-likeness (QED) is 0.757. The van der Waals surface area contributed by atoms with Crippen LogP contribution in [0.25, 0.3) is 0 Å². The van der Waals surface area contributed by atoms with Crippen LogP contribution in [0.1, 0.15) is 13.3 Å². The van der Waals surface area contributed by atoms with Gasteiger partial charge in [0.05, 0.1) is 11.9 Å². The summed E-state index contributed by atoms with van der Waals surface area (Å²) < 4.78 is 1.58. The lowest BCUT2D eigenvalue weighted by atomic mass is 10.3. The van der Waals surface area contributed by atoms with Crippen LogP contribution in [-0.2, 0) is 11.3 Å². The third-order valence-corrected chi connectivity index (χ3v) is 2.72. The molecular weight excluding hydrogens is 230 g/mol. The average Bonchev–Trinajstić information content (AvgIpc) is 2.69. The molecule has 0 aliphatic rings. The van der Waals surface area contributed by atoms with Crippen LogP contribution < -0.4 is 5.73 Å². The Morgan fingerprint density at radius 3 is 2.67 bits per heavy atom. The van der Waals surface area contributed by atoms with Crippen molar-refractivity contribution in [3.8, 4) is 0 Å². The Bertz CT molecular complexity index is 374. The van der Waals surface area contributed by atoms with Crippen LogP contribution in [0.3, 0.4) is 0 Å². The van der Waals surface area contributed by atoms with Gasteiger partial charge in [-0.2, -0.15) is 5.10 Å². The molecule has 2 N–H and O–H groups in total. The molecule has 0 bridgehead atoms. The summed E-state index contributed by atoms with van der Waals surface area (Å²) >= 11 is 0. The molecule has 1 aromatic heterocycles. The van der Waals surface area contributed by atoms with E-state index in [2.05, 4.69) is 10.00 Å². The van der Waals surface area contributed by atoms with E-state index in [4.69, 9.17) is 5.73 Å². The first kappa shape index (κ1) is 14.5. The Morgan fingerprint density at radius 1 is 1.44 bits per heavy atom. The molecule has 6 heteroatoms. The molecule has 0 fully saturated rings. The van der Waals surface area contributed by atoms with Crippen LogP contribution in [0.2, 0.25) is 0 Å². The maximum atomic E-state index is 12.0. The normalized spacial score (nSPS) is 10.9. The predicted molar refractivity (Wildman–Crippen MR) is 72.1 cm³/mol. The van der Waals surface area contributed by atoms with Gasteiger partial charge in [-0.1, -0.05) is 0 Å². The van der Waals surface area contributed by atoms with Crippen molar-refractivity contribution in [2.24, 2.45) is 0 Å². The molecule has 0 spiro atoms. The third-order valence-electron chi connectivity index (χ3n) is 2.72. The summed E-state index contributed by atoms with van der Waals surface area (Å²) in [6.45, 7) is 4.74. The zero-order valence-corrected chi connectivity index (χ0v) is 11.5. The zero-order valence-electron chi connectivity index (χ0n) is 11.5. The highest BCUT2D eigenvalue weighted by atomic mass is 16.2. The predicted octanol–water partition coefficient (Wildman–Crippen LogP) is 0.266. The van der Waals surface area contributed by atoms with Crippen molar-refractivity contribution in [1.29, 1.82) is 0 Å². The van der Waals surface area contributed by atoms with Crippen molar-refractivity contribution < 1.29 is 4.79 Å². The minimum Gasteiger partial charge on any atom is -0.396 e. The summed E-state index contributed by atoms with van der Waals surface area (Å²) in [5, 5.41) is 4.02. The van der Waals surface area contributed by atoms with E-state index in [0.717, 1.165) is 26.1 Å². The van der Waals surface area contributed by atoms with Crippen molar-refractivity contribution in [2.45, 2.75) is 19.9 Å². The van der Waals surface area contributed by atoms with E-state index < -0.39 is 0 Å². The number of anilines is 1. The molecule has 0 saturated heterocycles. The molecular formula is C12H23N5O. The summed E-state index contributed by atoms with van der Waals surface area (Å²) in [7, 11) is 4.06. The summed E-state index contributed by atoms with van der Waals surface area (Å²) in [5.74, 6) is 0.0827. The molecule has 0 aromatic carbocycles. The average molecular weight is 253 g/mol. The topological polar surface area (TPSA) is 67.4 Å². The van der Waals surface area contributed by atoms with Gasteiger partial charge in [0.15, 0.2) is 0 Å². The molecule has 1 amide bonds. The number of nitrogens with two attached hydrogens (primary N) is 1. The largest absolute Gasteiger partial charge is 0.396 e. The molecule has 102 valence electrons. The molecule has 1 heterocycles. The molecule has 18 heavy (non-hydrogen) atoms. The highest BCUT2D eigenvalue weighted by molar-refractivity contribution is 5.75. The van der Waals surface area contributed by atoms with Gasteiger partial charge in [-0.05, 0) is 34.0 Å². The van der Waals surface area contributed by atoms with E-state index in [0.29, 0.717) is 5.69 Å². The van der Waals surface area contributed by atoms with Crippen molar-refractivity contribution >= 4 is 11.6 Å². The van der Waals surface area contributed by atoms with Gasteiger partial charge in [-0.3, -0.25) is 9.48 Å². The van der Waals surface area contributed by atoms with Gasteiger partial charge in [0.25, 0.3) is 0 Å². The van der Waals surface area contributed by atoms with Crippen molar-refractivity contribution in [2.75, 3.05) is 39.5 Å². The summed E-state index contributed by atoms with van der Waals surface area (Å²) in [6.07, 6.45) is 4.20. The lowest BCUT2D eigenvalue weighted by molar-refractivity contribution is -0.131. The Hall–Kier alpha value is -1.56. The Balaban J connectivity index is 2.41. The molecule has 6 nitrogen and oxygen atoms in total. The standard InChI is InChI=1S/C12H23N5O/c1-4-16(7-5-6-15(2)3)12(18)10-17-9-11(13)8-14-17/h8-9H,4-7,10,13H2,1-3H3. The van der Waals surface area contributed by atoms with Crippen LogP contribution in [-0.4, -0.2) is 59.2 Å². The minimum absolute atomic E-state index is 0.0827. The first-order valence-electron chi connectivity index (χ1n) is 6.23. The van der Waals surface area contributed by atoms with Crippen molar-refractivity contribution in [3.63, 3.8) is 0 Å². The van der Waals surface area contributed by atoms with Gasteiger partial charge in [0.1, 0.15) is 6.54 Å². The number of hydrogen-bond acceptors (Lipinski definition) is 4. The fourth-order valence-electron chi connectivity index (χ4n) is 1.74. The lowest BCUT2D eigenvalue weighted by Crippen LogP contribution is -2.35. The van der Waals surface area contributed by atoms with Crippen molar-refractivity contribution in [1.82, 2.24) is 19.6 Å². The molecule has 0 radical (unpaired) electrons. The van der Waals surface area contributed by atoms with Crippen LogP contribution in [0.5, 0.6) is 0 Å². The number of rotatable bonds is 7.